The van der Waals surface area contributed by atoms with E-state index in [0.717, 1.165) is 13.3 Å². The molecule has 0 bridgehead atoms. The number of ether oxygens (including phenoxy) is 2. The molecule has 0 spiro atoms. The highest BCUT2D eigenvalue weighted by atomic mass is 32.1. The highest BCUT2D eigenvalue weighted by molar-refractivity contribution is 7.80. The summed E-state index contributed by atoms with van der Waals surface area (Å²) in [5.41, 5.74) is 0. The van der Waals surface area contributed by atoms with Crippen molar-refractivity contribution in [3.8, 4) is 0 Å². The Labute approximate surface area is 170 Å². The van der Waals surface area contributed by atoms with Crippen molar-refractivity contribution in [2.75, 3.05) is 19.0 Å². The lowest BCUT2D eigenvalue weighted by atomic mass is 10.1. The minimum Gasteiger partial charge on any atom is -0.480 e. The average Bonchev–Trinajstić information content (AvgIpc) is 2.63. The number of carbonyl (C=O) groups is 4. The van der Waals surface area contributed by atoms with Gasteiger partial charge in [-0.15, -0.1) is 0 Å². The molecule has 3 amide bonds. The highest BCUT2D eigenvalue weighted by Gasteiger charge is 2.42. The number of unbranched alkanes of at least 4 members (excludes halogenated alkanes) is 2. The molecule has 0 saturated heterocycles. The third kappa shape index (κ3) is 8.79. The Hall–Kier alpha value is -2.01. The molecule has 0 aromatic carbocycles. The summed E-state index contributed by atoms with van der Waals surface area (Å²) in [5.74, 6) is -2.90. The van der Waals surface area contributed by atoms with E-state index < -0.39 is 42.3 Å². The molecular formula is C17H30N2O8S. The van der Waals surface area contributed by atoms with Gasteiger partial charge in [-0.2, -0.15) is 12.6 Å². The maximum Gasteiger partial charge on any atom is 0.417 e. The van der Waals surface area contributed by atoms with Crippen LogP contribution in [0.2, 0.25) is 0 Å². The number of hydrogen-bond acceptors (Lipinski definition) is 8. The van der Waals surface area contributed by atoms with Gasteiger partial charge in [-0.05, 0) is 19.8 Å². The average molecular weight is 423 g/mol. The van der Waals surface area contributed by atoms with E-state index in [1.54, 1.807) is 0 Å². The number of hydrogen-bond donors (Lipinski definition) is 4. The largest absolute Gasteiger partial charge is 0.480 e. The van der Waals surface area contributed by atoms with Crippen LogP contribution in [0.15, 0.2) is 0 Å². The second-order valence-corrected chi connectivity index (χ2v) is 6.43. The Bertz CT molecular complexity index is 529. The van der Waals surface area contributed by atoms with Crippen LogP contribution in [0.4, 0.5) is 9.59 Å². The molecule has 0 aliphatic heterocycles. The molecule has 28 heavy (non-hydrogen) atoms. The first kappa shape index (κ1) is 26.0. The first-order chi connectivity index (χ1) is 13.2. The lowest BCUT2D eigenvalue weighted by Gasteiger charge is -2.30. The van der Waals surface area contributed by atoms with Gasteiger partial charge >= 0.3 is 18.2 Å². The minimum absolute atomic E-state index is 0.0245. The number of thiol groups is 1. The normalized spacial score (nSPS) is 13.8. The van der Waals surface area contributed by atoms with Gasteiger partial charge < -0.3 is 25.0 Å². The molecular weight excluding hydrogens is 392 g/mol. The van der Waals surface area contributed by atoms with E-state index in [0.29, 0.717) is 24.2 Å². The third-order valence-corrected chi connectivity index (χ3v) is 4.01. The molecule has 0 saturated carbocycles. The lowest BCUT2D eigenvalue weighted by molar-refractivity contribution is -0.153. The van der Waals surface area contributed by atoms with Gasteiger partial charge in [0.1, 0.15) is 6.04 Å². The van der Waals surface area contributed by atoms with Crippen molar-refractivity contribution < 1.29 is 38.9 Å². The Balaban J connectivity index is 5.46. The summed E-state index contributed by atoms with van der Waals surface area (Å²) in [4.78, 5) is 48.8. The highest BCUT2D eigenvalue weighted by Crippen LogP contribution is 2.12. The summed E-state index contributed by atoms with van der Waals surface area (Å²) in [6, 6.07) is -3.24. The zero-order chi connectivity index (χ0) is 21.7. The maximum absolute atomic E-state index is 12.8. The topological polar surface area (TPSA) is 142 Å². The van der Waals surface area contributed by atoms with Crippen LogP contribution < -0.4 is 5.32 Å². The van der Waals surface area contributed by atoms with E-state index in [9.17, 15) is 29.4 Å². The van der Waals surface area contributed by atoms with Crippen LogP contribution in [0, 0.1) is 0 Å². The van der Waals surface area contributed by atoms with Crippen molar-refractivity contribution in [1.82, 2.24) is 10.2 Å². The van der Waals surface area contributed by atoms with Crippen molar-refractivity contribution in [3.63, 3.8) is 0 Å². The van der Waals surface area contributed by atoms with Crippen LogP contribution in [0.1, 0.15) is 46.5 Å². The van der Waals surface area contributed by atoms with Crippen molar-refractivity contribution in [2.24, 2.45) is 0 Å². The van der Waals surface area contributed by atoms with E-state index in [1.807, 2.05) is 13.8 Å². The van der Waals surface area contributed by atoms with Crippen LogP contribution >= 0.6 is 12.6 Å². The minimum atomic E-state index is -1.89. The number of nitrogens with zero attached hydrogens (tertiary/aromatic N) is 1. The van der Waals surface area contributed by atoms with E-state index in [4.69, 9.17) is 9.47 Å². The summed E-state index contributed by atoms with van der Waals surface area (Å²) in [7, 11) is 0. The van der Waals surface area contributed by atoms with E-state index >= 15 is 0 Å². The van der Waals surface area contributed by atoms with Gasteiger partial charge in [0.25, 0.3) is 5.91 Å². The number of aliphatic hydroxyl groups is 1. The molecule has 0 heterocycles. The number of carboxylic acid groups (broad SMARTS) is 1. The number of aliphatic hydroxyl groups excluding tert-OH is 1. The zero-order valence-electron chi connectivity index (χ0n) is 16.4. The molecule has 0 radical (unpaired) electrons. The maximum atomic E-state index is 12.8. The van der Waals surface area contributed by atoms with Crippen LogP contribution in [0.3, 0.4) is 0 Å². The first-order valence-electron chi connectivity index (χ1n) is 9.15. The first-order valence-corrected chi connectivity index (χ1v) is 9.79. The molecule has 3 atom stereocenters. The molecule has 162 valence electrons. The summed E-state index contributed by atoms with van der Waals surface area (Å²) >= 11 is 3.98. The quantitative estimate of drug-likeness (QED) is 0.273. The lowest BCUT2D eigenvalue weighted by Crippen LogP contribution is -2.59. The van der Waals surface area contributed by atoms with Gasteiger partial charge in [0.05, 0.1) is 19.3 Å². The molecule has 0 aromatic rings. The van der Waals surface area contributed by atoms with Crippen molar-refractivity contribution in [3.05, 3.63) is 0 Å². The second kappa shape index (κ2) is 14.1. The second-order valence-electron chi connectivity index (χ2n) is 6.07. The molecule has 0 aliphatic rings. The Kier molecular flexibility index (Phi) is 13.0. The SMILES string of the molecule is CCCCOC(=O)N[C@@H](CS)C(=O)N(C(=O)OCCCC)[C@H](C(=O)O)[C@@H](C)O. The predicted molar refractivity (Wildman–Crippen MR) is 103 cm³/mol. The smallest absolute Gasteiger partial charge is 0.417 e. The fourth-order valence-electron chi connectivity index (χ4n) is 2.09. The Morgan fingerprint density at radius 1 is 1.07 bits per heavy atom. The number of rotatable bonds is 12. The van der Waals surface area contributed by atoms with E-state index in [1.165, 1.54) is 0 Å². The fourth-order valence-corrected chi connectivity index (χ4v) is 2.34. The van der Waals surface area contributed by atoms with Crippen molar-refractivity contribution in [2.45, 2.75) is 64.6 Å². The Morgan fingerprint density at radius 3 is 2.04 bits per heavy atom. The number of carboxylic acids is 1. The Morgan fingerprint density at radius 2 is 1.61 bits per heavy atom. The molecule has 10 nitrogen and oxygen atoms in total. The van der Waals surface area contributed by atoms with Crippen LogP contribution in [0.25, 0.3) is 0 Å². The fraction of sp³-hybridized carbons (Fsp3) is 0.765. The number of nitrogens with one attached hydrogen (secondary N) is 1. The number of alkyl carbamates (subject to hydrolysis) is 1. The van der Waals surface area contributed by atoms with Gasteiger partial charge in [-0.25, -0.2) is 19.3 Å². The van der Waals surface area contributed by atoms with E-state index in [2.05, 4.69) is 17.9 Å². The molecule has 0 unspecified atom stereocenters. The predicted octanol–water partition coefficient (Wildman–Crippen LogP) is 1.41. The van der Waals surface area contributed by atoms with Gasteiger partial charge in [0, 0.05) is 5.75 Å². The summed E-state index contributed by atoms with van der Waals surface area (Å²) in [6.45, 7) is 5.01. The molecule has 0 aromatic heterocycles. The van der Waals surface area contributed by atoms with Gasteiger partial charge in [0.2, 0.25) is 0 Å². The number of aliphatic carboxylic acids is 1. The number of imide groups is 1. The number of amides is 3. The van der Waals surface area contributed by atoms with Gasteiger partial charge in [0.15, 0.2) is 6.04 Å². The molecule has 11 heteroatoms. The third-order valence-electron chi connectivity index (χ3n) is 3.65. The zero-order valence-corrected chi connectivity index (χ0v) is 17.3. The molecule has 0 fully saturated rings. The molecule has 0 aliphatic carbocycles. The van der Waals surface area contributed by atoms with E-state index in [-0.39, 0.29) is 19.0 Å². The summed E-state index contributed by atoms with van der Waals surface area (Å²) in [5, 5.41) is 21.4. The van der Waals surface area contributed by atoms with Gasteiger partial charge in [-0.3, -0.25) is 4.79 Å². The monoisotopic (exact) mass is 422 g/mol. The summed E-state index contributed by atoms with van der Waals surface area (Å²) < 4.78 is 9.85. The van der Waals surface area contributed by atoms with Crippen LogP contribution in [-0.4, -0.2) is 76.3 Å². The van der Waals surface area contributed by atoms with Gasteiger partial charge in [-0.1, -0.05) is 26.7 Å². The van der Waals surface area contributed by atoms with Crippen LogP contribution in [-0.2, 0) is 19.1 Å². The molecule has 0 rings (SSSR count). The van der Waals surface area contributed by atoms with Crippen LogP contribution in [0.5, 0.6) is 0 Å². The molecule has 3 N–H and O–H groups in total. The van der Waals surface area contributed by atoms with Crippen molar-refractivity contribution in [1.29, 1.82) is 0 Å². The summed E-state index contributed by atoms with van der Waals surface area (Å²) in [6.07, 6.45) is -1.04. The van der Waals surface area contributed by atoms with Crippen molar-refractivity contribution >= 4 is 36.7 Å². The number of carbonyl (C=O) groups excluding carboxylic acids is 3. The standard InChI is InChI=1S/C17H30N2O8S/c1-4-6-8-26-16(24)18-12(10-28)14(21)19(13(11(3)20)15(22)23)17(25)27-9-7-5-2/h11-13,20,28H,4-10H2,1-3H3,(H,18,24)(H,22,23)/t11-,12+,13+/m1/s1.